The summed E-state index contributed by atoms with van der Waals surface area (Å²) in [5, 5.41) is 10.9. The van der Waals surface area contributed by atoms with Crippen LogP contribution in [0, 0.1) is 17.6 Å². The first-order chi connectivity index (χ1) is 5.34. The summed E-state index contributed by atoms with van der Waals surface area (Å²) < 4.78 is 0.758. The second-order valence-corrected chi connectivity index (χ2v) is 1.95. The van der Waals surface area contributed by atoms with Crippen molar-refractivity contribution in [2.45, 2.75) is 0 Å². The van der Waals surface area contributed by atoms with E-state index in [9.17, 15) is 5.21 Å². The lowest BCUT2D eigenvalue weighted by Gasteiger charge is -1.96. The molecule has 0 aliphatic heterocycles. The summed E-state index contributed by atoms with van der Waals surface area (Å²) in [6.45, 7) is 0. The average Bonchev–Trinajstić information content (AvgIpc) is 2.03. The van der Waals surface area contributed by atoms with Gasteiger partial charge in [-0.2, -0.15) is 4.73 Å². The van der Waals surface area contributed by atoms with Crippen LogP contribution in [0.1, 0.15) is 5.69 Å². The van der Waals surface area contributed by atoms with Crippen LogP contribution in [-0.2, 0) is 0 Å². The molecule has 11 heavy (non-hydrogen) atoms. The van der Waals surface area contributed by atoms with Gasteiger partial charge in [0.05, 0.1) is 0 Å². The van der Waals surface area contributed by atoms with E-state index in [4.69, 9.17) is 6.42 Å². The third-order valence-electron chi connectivity index (χ3n) is 1.20. The number of hydrogen-bond acceptors (Lipinski definition) is 1. The maximum absolute atomic E-state index is 10.9. The zero-order valence-corrected chi connectivity index (χ0v) is 5.90. The third kappa shape index (κ3) is 1.84. The van der Waals surface area contributed by atoms with Gasteiger partial charge in [-0.05, 0) is 12.1 Å². The largest absolute Gasteiger partial charge is 0.618 e. The van der Waals surface area contributed by atoms with Crippen molar-refractivity contribution in [1.29, 1.82) is 0 Å². The predicted octanol–water partition coefficient (Wildman–Crippen LogP) is 0.966. The van der Waals surface area contributed by atoms with E-state index >= 15 is 0 Å². The maximum Gasteiger partial charge on any atom is 0.217 e. The minimum absolute atomic E-state index is 0.547. The van der Waals surface area contributed by atoms with E-state index in [0.29, 0.717) is 5.69 Å². The van der Waals surface area contributed by atoms with Crippen molar-refractivity contribution in [3.8, 4) is 12.3 Å². The fourth-order valence-corrected chi connectivity index (χ4v) is 0.704. The van der Waals surface area contributed by atoms with Gasteiger partial charge < -0.3 is 5.21 Å². The van der Waals surface area contributed by atoms with Gasteiger partial charge in [-0.25, -0.2) is 0 Å². The smallest absolute Gasteiger partial charge is 0.217 e. The minimum atomic E-state index is 0.547. The first kappa shape index (κ1) is 7.36. The van der Waals surface area contributed by atoms with Crippen LogP contribution >= 0.6 is 0 Å². The molecule has 1 aromatic heterocycles. The monoisotopic (exact) mass is 145 g/mol. The summed E-state index contributed by atoms with van der Waals surface area (Å²) >= 11 is 0. The molecule has 0 aliphatic rings. The van der Waals surface area contributed by atoms with E-state index in [1.54, 1.807) is 24.3 Å². The Balaban J connectivity index is 2.97. The highest BCUT2D eigenvalue weighted by Crippen LogP contribution is 1.92. The van der Waals surface area contributed by atoms with Gasteiger partial charge >= 0.3 is 0 Å². The van der Waals surface area contributed by atoms with Crippen molar-refractivity contribution in [3.05, 3.63) is 41.4 Å². The third-order valence-corrected chi connectivity index (χ3v) is 1.20. The van der Waals surface area contributed by atoms with Crippen molar-refractivity contribution in [2.24, 2.45) is 0 Å². The Hall–Kier alpha value is -1.75. The van der Waals surface area contributed by atoms with E-state index in [2.05, 4.69) is 5.92 Å². The normalized spacial score (nSPS) is 9.73. The van der Waals surface area contributed by atoms with Gasteiger partial charge in [0.15, 0.2) is 6.20 Å². The van der Waals surface area contributed by atoms with Crippen LogP contribution in [0.25, 0.3) is 6.08 Å². The van der Waals surface area contributed by atoms with Gasteiger partial charge in [0.2, 0.25) is 5.69 Å². The number of aromatic nitrogens is 1. The van der Waals surface area contributed by atoms with Crippen LogP contribution in [0.15, 0.2) is 30.5 Å². The molecule has 0 atom stereocenters. The number of hydrogen-bond donors (Lipinski definition) is 0. The quantitative estimate of drug-likeness (QED) is 0.328. The number of nitrogens with zero attached hydrogens (tertiary/aromatic N) is 1. The van der Waals surface area contributed by atoms with Crippen LogP contribution < -0.4 is 4.73 Å². The Morgan fingerprint density at radius 3 is 3.00 bits per heavy atom. The van der Waals surface area contributed by atoms with Crippen LogP contribution in [0.2, 0.25) is 0 Å². The van der Waals surface area contributed by atoms with Crippen LogP contribution in [-0.4, -0.2) is 0 Å². The molecule has 0 N–H and O–H groups in total. The molecule has 2 heteroatoms. The van der Waals surface area contributed by atoms with Gasteiger partial charge in [0.1, 0.15) is 0 Å². The highest BCUT2D eigenvalue weighted by molar-refractivity contribution is 5.45. The molecule has 0 bridgehead atoms. The van der Waals surface area contributed by atoms with Crippen LogP contribution in [0.4, 0.5) is 0 Å². The van der Waals surface area contributed by atoms with E-state index < -0.39 is 0 Å². The molecule has 0 amide bonds. The standard InChI is InChI=1S/C9H7NO/c1-2-3-6-9-7-4-5-8-10(9)11/h1,3-8H/b6-3+. The molecule has 1 rings (SSSR count). The summed E-state index contributed by atoms with van der Waals surface area (Å²) in [5.74, 6) is 2.31. The summed E-state index contributed by atoms with van der Waals surface area (Å²) in [5.41, 5.74) is 0.547. The number of terminal acetylenes is 1. The molecule has 1 aromatic rings. The molecular formula is C9H7NO. The highest BCUT2D eigenvalue weighted by Gasteiger charge is 1.94. The predicted molar refractivity (Wildman–Crippen MR) is 43.3 cm³/mol. The maximum atomic E-state index is 10.9. The Kier molecular flexibility index (Phi) is 2.29. The van der Waals surface area contributed by atoms with E-state index in [1.807, 2.05) is 0 Å². The molecule has 0 fully saturated rings. The van der Waals surface area contributed by atoms with Gasteiger partial charge in [0, 0.05) is 18.2 Å². The van der Waals surface area contributed by atoms with Crippen molar-refractivity contribution in [2.75, 3.05) is 0 Å². The zero-order valence-electron chi connectivity index (χ0n) is 5.90. The SMILES string of the molecule is C#C/C=C/c1cccc[n+]1[O-]. The lowest BCUT2D eigenvalue weighted by Crippen LogP contribution is -2.28. The second kappa shape index (κ2) is 3.43. The lowest BCUT2D eigenvalue weighted by atomic mass is 10.3. The zero-order chi connectivity index (χ0) is 8.10. The van der Waals surface area contributed by atoms with E-state index in [0.717, 1.165) is 4.73 Å². The van der Waals surface area contributed by atoms with Crippen molar-refractivity contribution < 1.29 is 4.73 Å². The summed E-state index contributed by atoms with van der Waals surface area (Å²) in [6, 6.07) is 5.14. The first-order valence-corrected chi connectivity index (χ1v) is 3.15. The Morgan fingerprint density at radius 2 is 2.36 bits per heavy atom. The minimum Gasteiger partial charge on any atom is -0.618 e. The van der Waals surface area contributed by atoms with Crippen molar-refractivity contribution >= 4 is 6.08 Å². The fraction of sp³-hybridized carbons (Fsp3) is 0. The Labute approximate surface area is 65.4 Å². The summed E-state index contributed by atoms with van der Waals surface area (Å²) in [7, 11) is 0. The number of pyridine rings is 1. The van der Waals surface area contributed by atoms with Crippen LogP contribution in [0.5, 0.6) is 0 Å². The number of rotatable bonds is 1. The molecule has 0 radical (unpaired) electrons. The summed E-state index contributed by atoms with van der Waals surface area (Å²) in [6.07, 6.45) is 9.49. The molecule has 0 spiro atoms. The topological polar surface area (TPSA) is 26.9 Å². The summed E-state index contributed by atoms with van der Waals surface area (Å²) in [4.78, 5) is 0. The fourth-order valence-electron chi connectivity index (χ4n) is 0.704. The molecule has 1 heterocycles. The molecule has 0 saturated heterocycles. The molecule has 0 aromatic carbocycles. The average molecular weight is 145 g/mol. The Morgan fingerprint density at radius 1 is 1.55 bits per heavy atom. The molecular weight excluding hydrogens is 138 g/mol. The highest BCUT2D eigenvalue weighted by atomic mass is 16.5. The van der Waals surface area contributed by atoms with E-state index in [-0.39, 0.29) is 0 Å². The van der Waals surface area contributed by atoms with Gasteiger partial charge in [-0.15, -0.1) is 6.42 Å². The first-order valence-electron chi connectivity index (χ1n) is 3.15. The second-order valence-electron chi connectivity index (χ2n) is 1.95. The lowest BCUT2D eigenvalue weighted by molar-refractivity contribution is -0.607. The molecule has 54 valence electrons. The molecule has 2 nitrogen and oxygen atoms in total. The molecule has 0 unspecified atom stereocenters. The van der Waals surface area contributed by atoms with Gasteiger partial charge in [-0.1, -0.05) is 5.92 Å². The van der Waals surface area contributed by atoms with Crippen molar-refractivity contribution in [1.82, 2.24) is 0 Å². The van der Waals surface area contributed by atoms with Crippen molar-refractivity contribution in [3.63, 3.8) is 0 Å². The van der Waals surface area contributed by atoms with Gasteiger partial charge in [0.25, 0.3) is 0 Å². The molecule has 0 saturated carbocycles. The van der Waals surface area contributed by atoms with Crippen LogP contribution in [0.3, 0.4) is 0 Å². The number of allylic oxidation sites excluding steroid dienone is 1. The molecule has 0 aliphatic carbocycles. The Bertz CT molecular complexity index is 310. The van der Waals surface area contributed by atoms with E-state index in [1.165, 1.54) is 12.3 Å². The van der Waals surface area contributed by atoms with Gasteiger partial charge in [-0.3, -0.25) is 0 Å².